The maximum atomic E-state index is 13.1. The van der Waals surface area contributed by atoms with Crippen molar-refractivity contribution < 1.29 is 17.7 Å². The monoisotopic (exact) mass is 439 g/mol. The number of sulfonamides is 1. The van der Waals surface area contributed by atoms with E-state index in [0.717, 1.165) is 24.0 Å². The van der Waals surface area contributed by atoms with E-state index in [1.807, 2.05) is 31.2 Å². The van der Waals surface area contributed by atoms with E-state index in [-0.39, 0.29) is 16.6 Å². The molecule has 4 rings (SSSR count). The van der Waals surface area contributed by atoms with Crippen LogP contribution in [0.2, 0.25) is 0 Å². The molecule has 8 heteroatoms. The van der Waals surface area contributed by atoms with Gasteiger partial charge in [-0.3, -0.25) is 4.79 Å². The number of hydrogen-bond acceptors (Lipinski definition) is 6. The van der Waals surface area contributed by atoms with Crippen LogP contribution in [0.3, 0.4) is 0 Å². The largest absolute Gasteiger partial charge is 0.339 e. The third kappa shape index (κ3) is 4.60. The van der Waals surface area contributed by atoms with E-state index < -0.39 is 10.0 Å². The highest BCUT2D eigenvalue weighted by atomic mass is 32.2. The molecule has 0 amide bonds. The van der Waals surface area contributed by atoms with Crippen molar-refractivity contribution in [2.75, 3.05) is 13.1 Å². The van der Waals surface area contributed by atoms with Gasteiger partial charge in [-0.2, -0.15) is 9.29 Å². The van der Waals surface area contributed by atoms with E-state index >= 15 is 0 Å². The van der Waals surface area contributed by atoms with Gasteiger partial charge in [-0.25, -0.2) is 8.42 Å². The molecule has 162 valence electrons. The zero-order valence-corrected chi connectivity index (χ0v) is 18.4. The number of aromatic nitrogens is 2. The third-order valence-corrected chi connectivity index (χ3v) is 7.54. The molecule has 0 bridgehead atoms. The number of aryl methyl sites for hydroxylation is 1. The van der Waals surface area contributed by atoms with Crippen LogP contribution in [-0.4, -0.2) is 41.7 Å². The van der Waals surface area contributed by atoms with E-state index in [2.05, 4.69) is 10.1 Å². The molecule has 7 nitrogen and oxygen atoms in total. The van der Waals surface area contributed by atoms with Crippen LogP contribution >= 0.6 is 0 Å². The first kappa shape index (κ1) is 21.4. The second kappa shape index (κ2) is 8.72. The standard InChI is InChI=1S/C23H25N3O4S/c1-16-7-3-4-11-21(16)23-24-22(30-25-23)13-18-8-6-12-26(15-18)31(28,29)20-10-5-9-19(14-20)17(2)27/h3-5,7,9-11,14,18H,6,8,12-13,15H2,1-2H3/t18-/m0/s1. The second-order valence-corrected chi connectivity index (χ2v) is 9.92. The number of nitrogens with zero attached hydrogens (tertiary/aromatic N) is 3. The van der Waals surface area contributed by atoms with E-state index in [1.165, 1.54) is 23.4 Å². The number of rotatable bonds is 6. The molecule has 0 saturated carbocycles. The summed E-state index contributed by atoms with van der Waals surface area (Å²) in [5, 5.41) is 4.10. The highest BCUT2D eigenvalue weighted by molar-refractivity contribution is 7.89. The Balaban J connectivity index is 1.49. The molecule has 1 aromatic heterocycles. The topological polar surface area (TPSA) is 93.4 Å². The van der Waals surface area contributed by atoms with Gasteiger partial charge in [-0.1, -0.05) is 41.6 Å². The van der Waals surface area contributed by atoms with Gasteiger partial charge < -0.3 is 4.52 Å². The summed E-state index contributed by atoms with van der Waals surface area (Å²) in [5.41, 5.74) is 2.39. The Bertz CT molecular complexity index is 1200. The highest BCUT2D eigenvalue weighted by Gasteiger charge is 2.31. The molecule has 1 aliphatic rings. The lowest BCUT2D eigenvalue weighted by molar-refractivity contribution is 0.101. The summed E-state index contributed by atoms with van der Waals surface area (Å²) >= 11 is 0. The van der Waals surface area contributed by atoms with Crippen LogP contribution in [0.15, 0.2) is 57.9 Å². The summed E-state index contributed by atoms with van der Waals surface area (Å²) in [6.07, 6.45) is 2.18. The first-order chi connectivity index (χ1) is 14.8. The van der Waals surface area contributed by atoms with Gasteiger partial charge >= 0.3 is 0 Å². The predicted octanol–water partition coefficient (Wildman–Crippen LogP) is 3.89. The van der Waals surface area contributed by atoms with Crippen molar-refractivity contribution in [1.29, 1.82) is 0 Å². The van der Waals surface area contributed by atoms with Gasteiger partial charge in [0.25, 0.3) is 0 Å². The van der Waals surface area contributed by atoms with Gasteiger partial charge in [0, 0.05) is 30.6 Å². The number of Topliss-reactive ketones (excluding diaryl/α,β-unsaturated/α-hetero) is 1. The zero-order chi connectivity index (χ0) is 22.0. The molecule has 0 aliphatic carbocycles. The quantitative estimate of drug-likeness (QED) is 0.541. The molecular formula is C23H25N3O4S. The van der Waals surface area contributed by atoms with Crippen molar-refractivity contribution in [3.8, 4) is 11.4 Å². The Kier molecular flexibility index (Phi) is 6.02. The molecular weight excluding hydrogens is 414 g/mol. The smallest absolute Gasteiger partial charge is 0.243 e. The summed E-state index contributed by atoms with van der Waals surface area (Å²) in [5.74, 6) is 0.995. The lowest BCUT2D eigenvalue weighted by Crippen LogP contribution is -2.40. The maximum Gasteiger partial charge on any atom is 0.243 e. The van der Waals surface area contributed by atoms with Crippen LogP contribution in [-0.2, 0) is 16.4 Å². The first-order valence-corrected chi connectivity index (χ1v) is 11.8. The molecule has 0 radical (unpaired) electrons. The number of benzene rings is 2. The highest BCUT2D eigenvalue weighted by Crippen LogP contribution is 2.27. The minimum absolute atomic E-state index is 0.0877. The minimum atomic E-state index is -3.67. The summed E-state index contributed by atoms with van der Waals surface area (Å²) in [6.45, 7) is 4.27. The minimum Gasteiger partial charge on any atom is -0.339 e. The fourth-order valence-corrected chi connectivity index (χ4v) is 5.56. The second-order valence-electron chi connectivity index (χ2n) is 7.99. The Labute approximate surface area is 182 Å². The van der Waals surface area contributed by atoms with Gasteiger partial charge in [-0.05, 0) is 50.3 Å². The van der Waals surface area contributed by atoms with Crippen molar-refractivity contribution in [3.63, 3.8) is 0 Å². The van der Waals surface area contributed by atoms with E-state index in [0.29, 0.717) is 36.8 Å². The van der Waals surface area contributed by atoms with E-state index in [9.17, 15) is 13.2 Å². The molecule has 31 heavy (non-hydrogen) atoms. The zero-order valence-electron chi connectivity index (χ0n) is 17.6. The molecule has 1 fully saturated rings. The van der Waals surface area contributed by atoms with Crippen molar-refractivity contribution in [3.05, 3.63) is 65.5 Å². The van der Waals surface area contributed by atoms with Gasteiger partial charge in [0.1, 0.15) is 0 Å². The van der Waals surface area contributed by atoms with E-state index in [4.69, 9.17) is 4.52 Å². The van der Waals surface area contributed by atoms with Crippen LogP contribution in [0.4, 0.5) is 0 Å². The summed E-state index contributed by atoms with van der Waals surface area (Å²) in [7, 11) is -3.67. The molecule has 1 saturated heterocycles. The van der Waals surface area contributed by atoms with Crippen LogP contribution in [0.25, 0.3) is 11.4 Å². The van der Waals surface area contributed by atoms with Gasteiger partial charge in [0.05, 0.1) is 4.90 Å². The van der Waals surface area contributed by atoms with Crippen LogP contribution < -0.4 is 0 Å². The fraction of sp³-hybridized carbons (Fsp3) is 0.348. The summed E-state index contributed by atoms with van der Waals surface area (Å²) in [4.78, 5) is 16.3. The number of ketones is 1. The average molecular weight is 440 g/mol. The molecule has 1 atom stereocenters. The number of carbonyl (C=O) groups is 1. The first-order valence-electron chi connectivity index (χ1n) is 10.3. The van der Waals surface area contributed by atoms with Crippen LogP contribution in [0.1, 0.15) is 41.6 Å². The Morgan fingerprint density at radius 3 is 2.77 bits per heavy atom. The molecule has 2 aromatic carbocycles. The lowest BCUT2D eigenvalue weighted by Gasteiger charge is -2.31. The lowest BCUT2D eigenvalue weighted by atomic mass is 9.96. The van der Waals surface area contributed by atoms with Crippen molar-refractivity contribution in [2.24, 2.45) is 5.92 Å². The van der Waals surface area contributed by atoms with Crippen molar-refractivity contribution in [1.82, 2.24) is 14.4 Å². The number of carbonyl (C=O) groups excluding carboxylic acids is 1. The molecule has 1 aliphatic heterocycles. The van der Waals surface area contributed by atoms with Gasteiger partial charge in [-0.15, -0.1) is 0 Å². The van der Waals surface area contributed by atoms with Gasteiger partial charge in [0.15, 0.2) is 5.78 Å². The van der Waals surface area contributed by atoms with Crippen molar-refractivity contribution in [2.45, 2.75) is 38.0 Å². The van der Waals surface area contributed by atoms with E-state index in [1.54, 1.807) is 12.1 Å². The third-order valence-electron chi connectivity index (χ3n) is 5.68. The molecule has 0 unspecified atom stereocenters. The number of hydrogen-bond donors (Lipinski definition) is 0. The maximum absolute atomic E-state index is 13.1. The molecule has 0 spiro atoms. The molecule has 0 N–H and O–H groups in total. The molecule has 2 heterocycles. The molecule has 3 aromatic rings. The van der Waals surface area contributed by atoms with Crippen LogP contribution in [0.5, 0.6) is 0 Å². The summed E-state index contributed by atoms with van der Waals surface area (Å²) in [6, 6.07) is 14.1. The average Bonchev–Trinajstić information content (AvgIpc) is 3.22. The Morgan fingerprint density at radius 1 is 1.19 bits per heavy atom. The normalized spacial score (nSPS) is 17.5. The van der Waals surface area contributed by atoms with Crippen LogP contribution in [0, 0.1) is 12.8 Å². The number of piperidine rings is 1. The SMILES string of the molecule is CC(=O)c1cccc(S(=O)(=O)N2CCC[C@@H](Cc3nc(-c4ccccc4C)no3)C2)c1. The van der Waals surface area contributed by atoms with Gasteiger partial charge in [0.2, 0.25) is 21.7 Å². The Morgan fingerprint density at radius 2 is 2.00 bits per heavy atom. The fourth-order valence-electron chi connectivity index (χ4n) is 3.95. The Hall–Kier alpha value is -2.84. The predicted molar refractivity (Wildman–Crippen MR) is 116 cm³/mol. The van der Waals surface area contributed by atoms with Crippen molar-refractivity contribution >= 4 is 15.8 Å². The summed E-state index contributed by atoms with van der Waals surface area (Å²) < 4.78 is 33.3.